The van der Waals surface area contributed by atoms with E-state index in [-0.39, 0.29) is 5.75 Å². The molecule has 0 saturated heterocycles. The normalized spacial score (nSPS) is 11.8. The summed E-state index contributed by atoms with van der Waals surface area (Å²) in [4.78, 5) is 0.323. The van der Waals surface area contributed by atoms with Gasteiger partial charge in [-0.1, -0.05) is 35.9 Å². The summed E-state index contributed by atoms with van der Waals surface area (Å²) in [6.07, 6.45) is 0. The van der Waals surface area contributed by atoms with Crippen LogP contribution in [-0.4, -0.2) is 8.42 Å². The Hall–Kier alpha value is -2.07. The predicted octanol–water partition coefficient (Wildman–Crippen LogP) is 3.72. The van der Waals surface area contributed by atoms with E-state index in [0.29, 0.717) is 16.2 Å². The Morgan fingerprint density at radius 2 is 1.70 bits per heavy atom. The van der Waals surface area contributed by atoms with Crippen molar-refractivity contribution in [2.24, 2.45) is 0 Å². The van der Waals surface area contributed by atoms with Crippen molar-refractivity contribution in [2.75, 3.05) is 0 Å². The van der Waals surface area contributed by atoms with E-state index < -0.39 is 9.84 Å². The number of rotatable bonds is 3. The Balaban J connectivity index is 1.94. The fourth-order valence-corrected chi connectivity index (χ4v) is 3.36. The van der Waals surface area contributed by atoms with Gasteiger partial charge in [-0.15, -0.1) is 0 Å². The molecule has 1 aromatic heterocycles. The highest BCUT2D eigenvalue weighted by atomic mass is 32.2. The zero-order valence-electron chi connectivity index (χ0n) is 11.0. The monoisotopic (exact) mass is 286 g/mol. The molecule has 1 heterocycles. The van der Waals surface area contributed by atoms with Gasteiger partial charge < -0.3 is 4.42 Å². The molecule has 0 radical (unpaired) electrons. The van der Waals surface area contributed by atoms with Gasteiger partial charge in [-0.3, -0.25) is 0 Å². The largest absolute Gasteiger partial charge is 0.460 e. The van der Waals surface area contributed by atoms with Crippen LogP contribution >= 0.6 is 0 Å². The fraction of sp³-hybridized carbons (Fsp3) is 0.125. The van der Waals surface area contributed by atoms with Crippen molar-refractivity contribution in [1.29, 1.82) is 0 Å². The maximum absolute atomic E-state index is 12.3. The fourth-order valence-electron chi connectivity index (χ4n) is 2.12. The highest BCUT2D eigenvalue weighted by molar-refractivity contribution is 7.90. The molecule has 0 saturated carbocycles. The topological polar surface area (TPSA) is 47.3 Å². The summed E-state index contributed by atoms with van der Waals surface area (Å²) in [7, 11) is -3.37. The van der Waals surface area contributed by atoms with Crippen molar-refractivity contribution in [3.8, 4) is 0 Å². The average molecular weight is 286 g/mol. The Morgan fingerprint density at radius 1 is 1.00 bits per heavy atom. The first-order valence-electron chi connectivity index (χ1n) is 6.31. The first-order chi connectivity index (χ1) is 9.54. The highest BCUT2D eigenvalue weighted by Gasteiger charge is 2.17. The van der Waals surface area contributed by atoms with Crippen molar-refractivity contribution < 1.29 is 12.8 Å². The van der Waals surface area contributed by atoms with Crippen molar-refractivity contribution in [3.63, 3.8) is 0 Å². The second-order valence-electron chi connectivity index (χ2n) is 4.82. The highest BCUT2D eigenvalue weighted by Crippen LogP contribution is 2.23. The van der Waals surface area contributed by atoms with E-state index in [1.807, 2.05) is 31.2 Å². The van der Waals surface area contributed by atoms with Crippen LogP contribution in [0.2, 0.25) is 0 Å². The molecule has 0 spiro atoms. The van der Waals surface area contributed by atoms with Crippen LogP contribution in [-0.2, 0) is 15.6 Å². The summed E-state index contributed by atoms with van der Waals surface area (Å²) in [5.74, 6) is 0.344. The second-order valence-corrected chi connectivity index (χ2v) is 6.81. The molecule has 0 fully saturated rings. The standard InChI is InChI=1S/C16H14O3S/c1-12-6-8-15(9-7-12)20(17,18)11-14-10-13-4-2-3-5-16(13)19-14/h2-10H,11H2,1H3. The number of sulfone groups is 1. The zero-order valence-corrected chi connectivity index (χ0v) is 11.9. The molecule has 0 unspecified atom stereocenters. The molecule has 3 rings (SSSR count). The van der Waals surface area contributed by atoms with Gasteiger partial charge in [0.05, 0.1) is 4.90 Å². The molecule has 0 bridgehead atoms. The molecule has 3 nitrogen and oxygen atoms in total. The number of hydrogen-bond acceptors (Lipinski definition) is 3. The lowest BCUT2D eigenvalue weighted by molar-refractivity contribution is 0.554. The van der Waals surface area contributed by atoms with Crippen molar-refractivity contribution in [2.45, 2.75) is 17.6 Å². The predicted molar refractivity (Wildman–Crippen MR) is 78.3 cm³/mol. The van der Waals surface area contributed by atoms with Gasteiger partial charge in [-0.05, 0) is 31.2 Å². The average Bonchev–Trinajstić information content (AvgIpc) is 2.80. The molecule has 0 atom stereocenters. The molecule has 0 aliphatic rings. The molecular weight excluding hydrogens is 272 g/mol. The van der Waals surface area contributed by atoms with Gasteiger partial charge in [0, 0.05) is 5.39 Å². The minimum Gasteiger partial charge on any atom is -0.460 e. The third-order valence-electron chi connectivity index (χ3n) is 3.19. The molecule has 4 heteroatoms. The van der Waals surface area contributed by atoms with Crippen LogP contribution in [0.5, 0.6) is 0 Å². The first-order valence-corrected chi connectivity index (χ1v) is 7.97. The molecule has 20 heavy (non-hydrogen) atoms. The van der Waals surface area contributed by atoms with Crippen molar-refractivity contribution in [3.05, 3.63) is 65.9 Å². The van der Waals surface area contributed by atoms with E-state index in [2.05, 4.69) is 0 Å². The van der Waals surface area contributed by atoms with Crippen LogP contribution in [0.4, 0.5) is 0 Å². The van der Waals surface area contributed by atoms with Crippen LogP contribution in [0.25, 0.3) is 11.0 Å². The maximum Gasteiger partial charge on any atom is 0.185 e. The van der Waals surface area contributed by atoms with Gasteiger partial charge in [0.1, 0.15) is 17.1 Å². The minimum absolute atomic E-state index is 0.120. The van der Waals surface area contributed by atoms with Crippen molar-refractivity contribution >= 4 is 20.8 Å². The molecule has 2 aromatic carbocycles. The van der Waals surface area contributed by atoms with E-state index in [9.17, 15) is 8.42 Å². The molecule has 0 aliphatic carbocycles. The van der Waals surface area contributed by atoms with Crippen LogP contribution in [0.3, 0.4) is 0 Å². The number of para-hydroxylation sites is 1. The van der Waals surface area contributed by atoms with Crippen LogP contribution in [0.15, 0.2) is 63.9 Å². The first kappa shape index (κ1) is 12.9. The maximum atomic E-state index is 12.3. The van der Waals surface area contributed by atoms with Gasteiger partial charge in [-0.25, -0.2) is 8.42 Å². The summed E-state index contributed by atoms with van der Waals surface area (Å²) < 4.78 is 30.2. The molecule has 3 aromatic rings. The van der Waals surface area contributed by atoms with Gasteiger partial charge in [0.2, 0.25) is 0 Å². The van der Waals surface area contributed by atoms with Crippen LogP contribution in [0.1, 0.15) is 11.3 Å². The summed E-state index contributed by atoms with van der Waals surface area (Å²) in [6, 6.07) is 16.1. The SMILES string of the molecule is Cc1ccc(S(=O)(=O)Cc2cc3ccccc3o2)cc1. The second kappa shape index (κ2) is 4.80. The van der Waals surface area contributed by atoms with Gasteiger partial charge in [-0.2, -0.15) is 0 Å². The Bertz CT molecular complexity index is 810. The molecule has 0 N–H and O–H groups in total. The molecule has 102 valence electrons. The van der Waals surface area contributed by atoms with Crippen LogP contribution in [0, 0.1) is 6.92 Å². The smallest absolute Gasteiger partial charge is 0.185 e. The summed E-state index contributed by atoms with van der Waals surface area (Å²) in [5.41, 5.74) is 1.74. The van der Waals surface area contributed by atoms with E-state index in [4.69, 9.17) is 4.42 Å². The summed E-state index contributed by atoms with van der Waals surface area (Å²) in [5, 5.41) is 0.918. The quantitative estimate of drug-likeness (QED) is 0.737. The number of aryl methyl sites for hydroxylation is 1. The number of benzene rings is 2. The van der Waals surface area contributed by atoms with Gasteiger partial charge in [0.15, 0.2) is 9.84 Å². The third-order valence-corrected chi connectivity index (χ3v) is 4.84. The van der Waals surface area contributed by atoms with E-state index in [1.54, 1.807) is 30.3 Å². The number of furan rings is 1. The Morgan fingerprint density at radius 3 is 2.40 bits per heavy atom. The van der Waals surface area contributed by atoms with Crippen molar-refractivity contribution in [1.82, 2.24) is 0 Å². The van der Waals surface area contributed by atoms with Gasteiger partial charge >= 0.3 is 0 Å². The number of fused-ring (bicyclic) bond motifs is 1. The lowest BCUT2D eigenvalue weighted by atomic mass is 10.2. The molecule has 0 aliphatic heterocycles. The van der Waals surface area contributed by atoms with E-state index in [0.717, 1.165) is 10.9 Å². The zero-order chi connectivity index (χ0) is 14.2. The minimum atomic E-state index is -3.37. The molecular formula is C16H14O3S. The Labute approximate surface area is 117 Å². The van der Waals surface area contributed by atoms with E-state index in [1.165, 1.54) is 0 Å². The summed E-state index contributed by atoms with van der Waals surface area (Å²) >= 11 is 0. The third kappa shape index (κ3) is 2.47. The van der Waals surface area contributed by atoms with E-state index >= 15 is 0 Å². The lowest BCUT2D eigenvalue weighted by Crippen LogP contribution is -2.04. The Kier molecular flexibility index (Phi) is 3.10. The van der Waals surface area contributed by atoms with Crippen LogP contribution < -0.4 is 0 Å². The lowest BCUT2D eigenvalue weighted by Gasteiger charge is -2.02. The molecule has 0 amide bonds. The summed E-state index contributed by atoms with van der Waals surface area (Å²) in [6.45, 7) is 1.93. The number of hydrogen-bond donors (Lipinski definition) is 0. The van der Waals surface area contributed by atoms with Gasteiger partial charge in [0.25, 0.3) is 0 Å².